The smallest absolute Gasteiger partial charge is 0.340 e. The third-order valence-corrected chi connectivity index (χ3v) is 3.17. The van der Waals surface area contributed by atoms with Gasteiger partial charge in [-0.15, -0.1) is 0 Å². The lowest BCUT2D eigenvalue weighted by Crippen LogP contribution is -2.21. The maximum atomic E-state index is 11.9. The monoisotopic (exact) mass is 298 g/mol. The lowest BCUT2D eigenvalue weighted by molar-refractivity contribution is -0.119. The zero-order valence-corrected chi connectivity index (χ0v) is 12.6. The summed E-state index contributed by atoms with van der Waals surface area (Å²) in [5.74, 6) is -1.01. The van der Waals surface area contributed by atoms with Crippen LogP contribution in [0.2, 0.25) is 0 Å². The number of para-hydroxylation sites is 1. The molecule has 22 heavy (non-hydrogen) atoms. The Morgan fingerprint density at radius 2 is 1.86 bits per heavy atom. The van der Waals surface area contributed by atoms with E-state index in [9.17, 15) is 9.59 Å². The van der Waals surface area contributed by atoms with Gasteiger partial charge in [0, 0.05) is 11.4 Å². The number of nitrogens with two attached hydrogens (primary N) is 1. The van der Waals surface area contributed by atoms with Crippen LogP contribution in [-0.2, 0) is 9.53 Å². The molecule has 0 saturated carbocycles. The van der Waals surface area contributed by atoms with Crippen LogP contribution >= 0.6 is 0 Å². The van der Waals surface area contributed by atoms with E-state index in [1.807, 2.05) is 32.0 Å². The van der Waals surface area contributed by atoms with Crippen molar-refractivity contribution in [1.29, 1.82) is 0 Å². The average Bonchev–Trinajstić information content (AvgIpc) is 2.48. The topological polar surface area (TPSA) is 81.4 Å². The van der Waals surface area contributed by atoms with Crippen molar-refractivity contribution in [3.8, 4) is 0 Å². The molecule has 2 rings (SSSR count). The highest BCUT2D eigenvalue weighted by molar-refractivity contribution is 5.98. The fraction of sp³-hybridized carbons (Fsp3) is 0.176. The SMILES string of the molecule is Cc1ccc(NC(=O)COC(=O)c2ccccc2N)c(C)c1. The Balaban J connectivity index is 1.93. The number of ether oxygens (including phenoxy) is 1. The molecule has 0 unspecified atom stereocenters. The highest BCUT2D eigenvalue weighted by atomic mass is 16.5. The number of rotatable bonds is 4. The van der Waals surface area contributed by atoms with Crippen LogP contribution in [0.3, 0.4) is 0 Å². The van der Waals surface area contributed by atoms with Crippen LogP contribution in [-0.4, -0.2) is 18.5 Å². The molecule has 0 heterocycles. The number of aryl methyl sites for hydroxylation is 2. The van der Waals surface area contributed by atoms with Gasteiger partial charge in [-0.3, -0.25) is 4.79 Å². The van der Waals surface area contributed by atoms with Gasteiger partial charge in [0.1, 0.15) is 0 Å². The van der Waals surface area contributed by atoms with E-state index in [0.29, 0.717) is 11.4 Å². The number of amides is 1. The second kappa shape index (κ2) is 6.76. The molecule has 0 spiro atoms. The van der Waals surface area contributed by atoms with Crippen molar-refractivity contribution in [2.75, 3.05) is 17.7 Å². The molecule has 0 aliphatic heterocycles. The van der Waals surface area contributed by atoms with Crippen molar-refractivity contribution in [2.45, 2.75) is 13.8 Å². The molecule has 0 bridgehead atoms. The van der Waals surface area contributed by atoms with E-state index >= 15 is 0 Å². The summed E-state index contributed by atoms with van der Waals surface area (Å²) in [4.78, 5) is 23.7. The third kappa shape index (κ3) is 3.85. The normalized spacial score (nSPS) is 10.1. The first-order valence-electron chi connectivity index (χ1n) is 6.86. The minimum atomic E-state index is -0.617. The van der Waals surface area contributed by atoms with Gasteiger partial charge in [-0.1, -0.05) is 29.8 Å². The Morgan fingerprint density at radius 1 is 1.14 bits per heavy atom. The van der Waals surface area contributed by atoms with Crippen LogP contribution in [0.4, 0.5) is 11.4 Å². The fourth-order valence-corrected chi connectivity index (χ4v) is 2.03. The van der Waals surface area contributed by atoms with E-state index in [1.165, 1.54) is 0 Å². The lowest BCUT2D eigenvalue weighted by Gasteiger charge is -2.10. The molecule has 2 aromatic carbocycles. The zero-order valence-electron chi connectivity index (χ0n) is 12.6. The number of anilines is 2. The van der Waals surface area contributed by atoms with Crippen molar-refractivity contribution in [3.05, 3.63) is 59.2 Å². The van der Waals surface area contributed by atoms with Crippen molar-refractivity contribution in [1.82, 2.24) is 0 Å². The van der Waals surface area contributed by atoms with Crippen LogP contribution in [0, 0.1) is 13.8 Å². The summed E-state index contributed by atoms with van der Waals surface area (Å²) in [6.07, 6.45) is 0. The number of nitrogen functional groups attached to an aromatic ring is 1. The number of carbonyl (C=O) groups excluding carboxylic acids is 2. The van der Waals surface area contributed by atoms with Crippen molar-refractivity contribution >= 4 is 23.3 Å². The first-order valence-corrected chi connectivity index (χ1v) is 6.86. The summed E-state index contributed by atoms with van der Waals surface area (Å²) in [7, 11) is 0. The third-order valence-electron chi connectivity index (χ3n) is 3.17. The van der Waals surface area contributed by atoms with E-state index in [4.69, 9.17) is 10.5 Å². The molecule has 0 aliphatic rings. The minimum absolute atomic E-state index is 0.252. The van der Waals surface area contributed by atoms with Crippen molar-refractivity contribution in [3.63, 3.8) is 0 Å². The van der Waals surface area contributed by atoms with Gasteiger partial charge in [-0.05, 0) is 37.6 Å². The van der Waals surface area contributed by atoms with Crippen LogP contribution in [0.5, 0.6) is 0 Å². The highest BCUT2D eigenvalue weighted by Crippen LogP contribution is 2.16. The van der Waals surface area contributed by atoms with E-state index in [2.05, 4.69) is 5.32 Å². The molecular weight excluding hydrogens is 280 g/mol. The highest BCUT2D eigenvalue weighted by Gasteiger charge is 2.13. The molecule has 0 aliphatic carbocycles. The quantitative estimate of drug-likeness (QED) is 0.671. The van der Waals surface area contributed by atoms with Gasteiger partial charge < -0.3 is 15.8 Å². The van der Waals surface area contributed by atoms with Gasteiger partial charge in [0.2, 0.25) is 0 Å². The van der Waals surface area contributed by atoms with Gasteiger partial charge in [0.15, 0.2) is 6.61 Å². The van der Waals surface area contributed by atoms with Crippen LogP contribution in [0.25, 0.3) is 0 Å². The summed E-state index contributed by atoms with van der Waals surface area (Å²) in [6, 6.07) is 12.2. The summed E-state index contributed by atoms with van der Waals surface area (Å²) >= 11 is 0. The zero-order chi connectivity index (χ0) is 16.1. The summed E-state index contributed by atoms with van der Waals surface area (Å²) in [6.45, 7) is 3.52. The van der Waals surface area contributed by atoms with E-state index in [0.717, 1.165) is 11.1 Å². The van der Waals surface area contributed by atoms with E-state index < -0.39 is 11.9 Å². The molecule has 114 valence electrons. The van der Waals surface area contributed by atoms with Crippen LogP contribution in [0.1, 0.15) is 21.5 Å². The molecule has 0 saturated heterocycles. The Morgan fingerprint density at radius 3 is 2.55 bits per heavy atom. The molecule has 2 aromatic rings. The second-order valence-electron chi connectivity index (χ2n) is 5.03. The molecule has 3 N–H and O–H groups in total. The summed E-state index contributed by atoms with van der Waals surface area (Å²) < 4.78 is 4.98. The van der Waals surface area contributed by atoms with Gasteiger partial charge >= 0.3 is 5.97 Å². The molecular formula is C17H18N2O3. The maximum absolute atomic E-state index is 11.9. The van der Waals surface area contributed by atoms with Crippen molar-refractivity contribution < 1.29 is 14.3 Å². The molecule has 5 heteroatoms. The second-order valence-corrected chi connectivity index (χ2v) is 5.03. The molecule has 5 nitrogen and oxygen atoms in total. The predicted octanol–water partition coefficient (Wildman–Crippen LogP) is 2.68. The molecule has 1 amide bonds. The average molecular weight is 298 g/mol. The number of nitrogens with one attached hydrogen (secondary N) is 1. The number of benzene rings is 2. The summed E-state index contributed by atoms with van der Waals surface area (Å²) in [5, 5.41) is 2.71. The molecule has 0 fully saturated rings. The maximum Gasteiger partial charge on any atom is 0.340 e. The number of carbonyl (C=O) groups is 2. The Hall–Kier alpha value is -2.82. The lowest BCUT2D eigenvalue weighted by atomic mass is 10.1. The number of esters is 1. The predicted molar refractivity (Wildman–Crippen MR) is 85.7 cm³/mol. The number of hydrogen-bond acceptors (Lipinski definition) is 4. The van der Waals surface area contributed by atoms with E-state index in [-0.39, 0.29) is 12.2 Å². The van der Waals surface area contributed by atoms with Gasteiger partial charge in [0.25, 0.3) is 5.91 Å². The Labute approximate surface area is 129 Å². The first-order chi connectivity index (χ1) is 10.5. The molecule has 0 atom stereocenters. The molecule has 0 aromatic heterocycles. The van der Waals surface area contributed by atoms with Crippen LogP contribution < -0.4 is 11.1 Å². The number of hydrogen-bond donors (Lipinski definition) is 2. The van der Waals surface area contributed by atoms with Gasteiger partial charge in [-0.25, -0.2) is 4.79 Å². The minimum Gasteiger partial charge on any atom is -0.452 e. The molecule has 0 radical (unpaired) electrons. The van der Waals surface area contributed by atoms with E-state index in [1.54, 1.807) is 24.3 Å². The summed E-state index contributed by atoms with van der Waals surface area (Å²) in [5.41, 5.74) is 9.02. The first kappa shape index (κ1) is 15.6. The van der Waals surface area contributed by atoms with Gasteiger partial charge in [0.05, 0.1) is 5.56 Å². The largest absolute Gasteiger partial charge is 0.452 e. The van der Waals surface area contributed by atoms with Crippen LogP contribution in [0.15, 0.2) is 42.5 Å². The standard InChI is InChI=1S/C17H18N2O3/c1-11-7-8-15(12(2)9-11)19-16(20)10-22-17(21)13-5-3-4-6-14(13)18/h3-9H,10,18H2,1-2H3,(H,19,20). The Kier molecular flexibility index (Phi) is 4.78. The van der Waals surface area contributed by atoms with Gasteiger partial charge in [-0.2, -0.15) is 0 Å². The van der Waals surface area contributed by atoms with Crippen molar-refractivity contribution in [2.24, 2.45) is 0 Å². The fourth-order valence-electron chi connectivity index (χ4n) is 2.03. The Bertz CT molecular complexity index is 711.